The molecule has 1 aromatic carbocycles. The Morgan fingerprint density at radius 3 is 2.50 bits per heavy atom. The van der Waals surface area contributed by atoms with Gasteiger partial charge in [0.2, 0.25) is 0 Å². The number of rotatable bonds is 3. The number of methoxy groups -OCH3 is 2. The van der Waals surface area contributed by atoms with Crippen LogP contribution in [0.25, 0.3) is 0 Å². The van der Waals surface area contributed by atoms with Crippen molar-refractivity contribution < 1.29 is 23.8 Å². The van der Waals surface area contributed by atoms with E-state index in [2.05, 4.69) is 4.74 Å². The van der Waals surface area contributed by atoms with Crippen LogP contribution in [0.15, 0.2) is 24.3 Å². The van der Waals surface area contributed by atoms with Gasteiger partial charge in [-0.1, -0.05) is 12.1 Å². The molecule has 5 heteroatoms. The first-order valence-electron chi connectivity index (χ1n) is 5.58. The number of carbonyl (C=O) groups is 2. The summed E-state index contributed by atoms with van der Waals surface area (Å²) in [5.41, 5.74) is 0.843. The van der Waals surface area contributed by atoms with E-state index in [4.69, 9.17) is 9.47 Å². The van der Waals surface area contributed by atoms with E-state index in [1.54, 1.807) is 19.2 Å². The molecule has 18 heavy (non-hydrogen) atoms. The molecule has 0 radical (unpaired) electrons. The summed E-state index contributed by atoms with van der Waals surface area (Å²) in [6.45, 7) is 0. The fourth-order valence-corrected chi connectivity index (χ4v) is 1.94. The first kappa shape index (κ1) is 12.4. The Labute approximate surface area is 105 Å². The van der Waals surface area contributed by atoms with Gasteiger partial charge in [0.05, 0.1) is 14.2 Å². The summed E-state index contributed by atoms with van der Waals surface area (Å²) in [4.78, 5) is 22.9. The molecule has 5 nitrogen and oxygen atoms in total. The van der Waals surface area contributed by atoms with Crippen molar-refractivity contribution in [3.05, 3.63) is 29.8 Å². The number of esters is 2. The first-order valence-corrected chi connectivity index (χ1v) is 5.58. The lowest BCUT2D eigenvalue weighted by Gasteiger charge is -2.09. The third-order valence-corrected chi connectivity index (χ3v) is 2.97. The number of cyclic esters (lactones) is 1. The molecule has 2 unspecified atom stereocenters. The van der Waals surface area contributed by atoms with Crippen molar-refractivity contribution in [2.75, 3.05) is 14.2 Å². The minimum absolute atomic E-state index is 0.317. The Bertz CT molecular complexity index is 451. The standard InChI is InChI=1S/C13H14O5/c1-16-9-5-3-8(4-6-9)11-7-10(12(14)17-2)13(15)18-11/h3-6,10-11H,7H2,1-2H3. The monoisotopic (exact) mass is 250 g/mol. The maximum atomic E-state index is 11.5. The fraction of sp³-hybridized carbons (Fsp3) is 0.385. The summed E-state index contributed by atoms with van der Waals surface area (Å²) in [5.74, 6) is -1.16. The Morgan fingerprint density at radius 1 is 1.28 bits per heavy atom. The Balaban J connectivity index is 2.11. The topological polar surface area (TPSA) is 61.8 Å². The predicted octanol–water partition coefficient (Wildman–Crippen LogP) is 1.47. The van der Waals surface area contributed by atoms with Crippen LogP contribution in [0, 0.1) is 5.92 Å². The van der Waals surface area contributed by atoms with Gasteiger partial charge in [0, 0.05) is 6.42 Å². The molecule has 96 valence electrons. The van der Waals surface area contributed by atoms with Gasteiger partial charge < -0.3 is 14.2 Å². The maximum absolute atomic E-state index is 11.5. The lowest BCUT2D eigenvalue weighted by Crippen LogP contribution is -2.20. The average Bonchev–Trinajstić information content (AvgIpc) is 2.80. The molecule has 1 aliphatic rings. The highest BCUT2D eigenvalue weighted by molar-refractivity contribution is 5.96. The Kier molecular flexibility index (Phi) is 3.50. The quantitative estimate of drug-likeness (QED) is 0.600. The molecule has 1 aromatic rings. The van der Waals surface area contributed by atoms with Gasteiger partial charge in [-0.15, -0.1) is 0 Å². The van der Waals surface area contributed by atoms with Crippen molar-refractivity contribution >= 4 is 11.9 Å². The lowest BCUT2D eigenvalue weighted by molar-refractivity contribution is -0.154. The van der Waals surface area contributed by atoms with Crippen LogP contribution in [0.3, 0.4) is 0 Å². The summed E-state index contributed by atoms with van der Waals surface area (Å²) in [6, 6.07) is 7.20. The summed E-state index contributed by atoms with van der Waals surface area (Å²) >= 11 is 0. The van der Waals surface area contributed by atoms with Crippen molar-refractivity contribution in [1.29, 1.82) is 0 Å². The minimum Gasteiger partial charge on any atom is -0.497 e. The normalized spacial score (nSPS) is 22.4. The first-order chi connectivity index (χ1) is 8.65. The van der Waals surface area contributed by atoms with E-state index in [0.717, 1.165) is 11.3 Å². The summed E-state index contributed by atoms with van der Waals surface area (Å²) < 4.78 is 14.8. The van der Waals surface area contributed by atoms with E-state index < -0.39 is 24.0 Å². The zero-order valence-electron chi connectivity index (χ0n) is 10.2. The van der Waals surface area contributed by atoms with Gasteiger partial charge in [-0.25, -0.2) is 0 Å². The summed E-state index contributed by atoms with van der Waals surface area (Å²) in [5, 5.41) is 0. The number of ether oxygens (including phenoxy) is 3. The van der Waals surface area contributed by atoms with Gasteiger partial charge in [0.25, 0.3) is 0 Å². The largest absolute Gasteiger partial charge is 0.497 e. The molecule has 0 aromatic heterocycles. The molecule has 1 fully saturated rings. The molecular weight excluding hydrogens is 236 g/mol. The molecule has 0 bridgehead atoms. The highest BCUT2D eigenvalue weighted by atomic mass is 16.6. The van der Waals surface area contributed by atoms with E-state index in [1.165, 1.54) is 7.11 Å². The second-order valence-electron chi connectivity index (χ2n) is 4.01. The fourth-order valence-electron chi connectivity index (χ4n) is 1.94. The third-order valence-electron chi connectivity index (χ3n) is 2.97. The van der Waals surface area contributed by atoms with Gasteiger partial charge >= 0.3 is 11.9 Å². The van der Waals surface area contributed by atoms with Gasteiger partial charge in [0.1, 0.15) is 11.9 Å². The smallest absolute Gasteiger partial charge is 0.321 e. The van der Waals surface area contributed by atoms with Crippen LogP contribution in [0.5, 0.6) is 5.75 Å². The Hall–Kier alpha value is -2.04. The zero-order chi connectivity index (χ0) is 13.1. The van der Waals surface area contributed by atoms with E-state index >= 15 is 0 Å². The van der Waals surface area contributed by atoms with Gasteiger partial charge in [0.15, 0.2) is 5.92 Å². The van der Waals surface area contributed by atoms with Crippen molar-refractivity contribution in [1.82, 2.24) is 0 Å². The highest BCUT2D eigenvalue weighted by Gasteiger charge is 2.40. The predicted molar refractivity (Wildman–Crippen MR) is 62.0 cm³/mol. The molecule has 0 aliphatic carbocycles. The van der Waals surface area contributed by atoms with Crippen molar-refractivity contribution in [3.63, 3.8) is 0 Å². The van der Waals surface area contributed by atoms with Crippen molar-refractivity contribution in [2.45, 2.75) is 12.5 Å². The molecular formula is C13H14O5. The number of hydrogen-bond donors (Lipinski definition) is 0. The zero-order valence-corrected chi connectivity index (χ0v) is 10.2. The van der Waals surface area contributed by atoms with Crippen LogP contribution in [0.1, 0.15) is 18.1 Å². The van der Waals surface area contributed by atoms with Crippen molar-refractivity contribution in [3.8, 4) is 5.75 Å². The van der Waals surface area contributed by atoms with Crippen molar-refractivity contribution in [2.24, 2.45) is 5.92 Å². The lowest BCUT2D eigenvalue weighted by atomic mass is 10.0. The van der Waals surface area contributed by atoms with Crippen LogP contribution in [-0.4, -0.2) is 26.2 Å². The highest BCUT2D eigenvalue weighted by Crippen LogP contribution is 2.34. The molecule has 0 amide bonds. The van der Waals surface area contributed by atoms with Gasteiger partial charge in [-0.05, 0) is 17.7 Å². The molecule has 1 heterocycles. The molecule has 1 aliphatic heterocycles. The molecule has 2 atom stereocenters. The minimum atomic E-state index is -0.817. The van der Waals surface area contributed by atoms with E-state index in [9.17, 15) is 9.59 Å². The van der Waals surface area contributed by atoms with E-state index in [0.29, 0.717) is 6.42 Å². The molecule has 2 rings (SSSR count). The molecule has 0 N–H and O–H groups in total. The SMILES string of the molecule is COC(=O)C1CC(c2ccc(OC)cc2)OC1=O. The molecule has 1 saturated heterocycles. The average molecular weight is 250 g/mol. The second-order valence-corrected chi connectivity index (χ2v) is 4.01. The third kappa shape index (κ3) is 2.30. The van der Waals surface area contributed by atoms with Crippen LogP contribution in [0.4, 0.5) is 0 Å². The number of benzene rings is 1. The van der Waals surface area contributed by atoms with Crippen LogP contribution in [0.2, 0.25) is 0 Å². The molecule has 0 saturated carbocycles. The number of carbonyl (C=O) groups excluding carboxylic acids is 2. The Morgan fingerprint density at radius 2 is 1.94 bits per heavy atom. The summed E-state index contributed by atoms with van der Waals surface area (Å²) in [6.07, 6.45) is -0.0785. The molecule has 0 spiro atoms. The van der Waals surface area contributed by atoms with Crippen LogP contribution < -0.4 is 4.74 Å². The van der Waals surface area contributed by atoms with Crippen LogP contribution in [-0.2, 0) is 19.1 Å². The van der Waals surface area contributed by atoms with E-state index in [-0.39, 0.29) is 0 Å². The maximum Gasteiger partial charge on any atom is 0.321 e. The van der Waals surface area contributed by atoms with Gasteiger partial charge in [-0.3, -0.25) is 9.59 Å². The van der Waals surface area contributed by atoms with Crippen LogP contribution >= 0.6 is 0 Å². The van der Waals surface area contributed by atoms with E-state index in [1.807, 2.05) is 12.1 Å². The number of hydrogen-bond acceptors (Lipinski definition) is 5. The summed E-state index contributed by atoms with van der Waals surface area (Å²) in [7, 11) is 2.84. The van der Waals surface area contributed by atoms with Gasteiger partial charge in [-0.2, -0.15) is 0 Å². The second kappa shape index (κ2) is 5.08.